The molecule has 0 aliphatic carbocycles. The standard InChI is InChI=1S/C50H35N7/c1-57-49(55-48(40-22-20-34(33-51)21-23-40)56-50(57)44-19-11-18-43(32-44)35-12-5-2-6-13-35)42-30-26-37(27-31-42)36-24-28-41(29-25-36)47-53-45(38-14-7-3-8-15-38)52-46(54-47)39-16-9-4-10-17-39/h2-32,50H,1H3. The van der Waals surface area contributed by atoms with Gasteiger partial charge in [0.25, 0.3) is 0 Å². The van der Waals surface area contributed by atoms with Crippen LogP contribution in [-0.4, -0.2) is 38.6 Å². The highest BCUT2D eigenvalue weighted by atomic mass is 15.3. The monoisotopic (exact) mass is 733 g/mol. The molecule has 7 nitrogen and oxygen atoms in total. The van der Waals surface area contributed by atoms with Crippen molar-refractivity contribution >= 4 is 11.7 Å². The van der Waals surface area contributed by atoms with E-state index in [-0.39, 0.29) is 6.17 Å². The van der Waals surface area contributed by atoms with Gasteiger partial charge in [0.1, 0.15) is 5.84 Å². The fraction of sp³-hybridized carbons (Fsp3) is 0.0400. The minimum absolute atomic E-state index is 0.320. The maximum absolute atomic E-state index is 9.42. The van der Waals surface area contributed by atoms with E-state index in [0.717, 1.165) is 61.5 Å². The van der Waals surface area contributed by atoms with Gasteiger partial charge in [0.05, 0.1) is 11.6 Å². The van der Waals surface area contributed by atoms with Gasteiger partial charge in [-0.1, -0.05) is 158 Å². The van der Waals surface area contributed by atoms with Crippen molar-refractivity contribution in [2.75, 3.05) is 7.05 Å². The van der Waals surface area contributed by atoms with Gasteiger partial charge in [-0.25, -0.2) is 24.9 Å². The quantitative estimate of drug-likeness (QED) is 0.155. The van der Waals surface area contributed by atoms with Crippen molar-refractivity contribution in [3.05, 3.63) is 210 Å². The number of aliphatic imine (C=N–C) groups is 2. The van der Waals surface area contributed by atoms with Crippen molar-refractivity contribution in [1.82, 2.24) is 19.9 Å². The van der Waals surface area contributed by atoms with Crippen LogP contribution in [0.3, 0.4) is 0 Å². The van der Waals surface area contributed by atoms with Gasteiger partial charge in [-0.05, 0) is 58.1 Å². The Morgan fingerprint density at radius 1 is 0.439 bits per heavy atom. The van der Waals surface area contributed by atoms with Crippen LogP contribution in [0, 0.1) is 11.3 Å². The lowest BCUT2D eigenvalue weighted by atomic mass is 10.00. The second-order valence-electron chi connectivity index (χ2n) is 13.7. The Balaban J connectivity index is 1.03. The van der Waals surface area contributed by atoms with Crippen molar-refractivity contribution < 1.29 is 0 Å². The summed E-state index contributed by atoms with van der Waals surface area (Å²) in [6.07, 6.45) is -0.320. The third kappa shape index (κ3) is 7.36. The van der Waals surface area contributed by atoms with E-state index in [1.807, 2.05) is 98.0 Å². The van der Waals surface area contributed by atoms with E-state index in [1.54, 1.807) is 0 Å². The highest BCUT2D eigenvalue weighted by Crippen LogP contribution is 2.33. The zero-order valence-electron chi connectivity index (χ0n) is 31.1. The summed E-state index contributed by atoms with van der Waals surface area (Å²) in [5, 5.41) is 9.42. The summed E-state index contributed by atoms with van der Waals surface area (Å²) in [4.78, 5) is 27.0. The van der Waals surface area contributed by atoms with Gasteiger partial charge < -0.3 is 4.90 Å². The van der Waals surface area contributed by atoms with Gasteiger partial charge in [-0.3, -0.25) is 0 Å². The minimum atomic E-state index is -0.320. The van der Waals surface area contributed by atoms with Gasteiger partial charge in [-0.2, -0.15) is 5.26 Å². The minimum Gasteiger partial charge on any atom is -0.333 e. The van der Waals surface area contributed by atoms with Crippen LogP contribution in [0.4, 0.5) is 0 Å². The molecule has 1 aromatic heterocycles. The number of benzene rings is 7. The lowest BCUT2D eigenvalue weighted by molar-refractivity contribution is 0.383. The average Bonchev–Trinajstić information content (AvgIpc) is 3.30. The van der Waals surface area contributed by atoms with E-state index in [0.29, 0.717) is 28.9 Å². The molecule has 270 valence electrons. The second-order valence-corrected chi connectivity index (χ2v) is 13.7. The van der Waals surface area contributed by atoms with Crippen molar-refractivity contribution in [2.24, 2.45) is 9.98 Å². The molecule has 0 radical (unpaired) electrons. The highest BCUT2D eigenvalue weighted by molar-refractivity contribution is 6.13. The predicted octanol–water partition coefficient (Wildman–Crippen LogP) is 10.9. The van der Waals surface area contributed by atoms with Crippen molar-refractivity contribution in [3.63, 3.8) is 0 Å². The molecule has 0 amide bonds. The van der Waals surface area contributed by atoms with Gasteiger partial charge in [0.15, 0.2) is 29.5 Å². The number of amidine groups is 2. The number of aromatic nitrogens is 3. The molecule has 1 atom stereocenters. The molecule has 0 bridgehead atoms. The van der Waals surface area contributed by atoms with Crippen LogP contribution in [0.1, 0.15) is 28.4 Å². The molecular formula is C50H35N7. The Morgan fingerprint density at radius 3 is 1.39 bits per heavy atom. The van der Waals surface area contributed by atoms with Crippen molar-refractivity contribution in [2.45, 2.75) is 6.17 Å². The number of hydrogen-bond acceptors (Lipinski definition) is 7. The van der Waals surface area contributed by atoms with Gasteiger partial charge in [-0.15, -0.1) is 0 Å². The van der Waals surface area contributed by atoms with E-state index >= 15 is 0 Å². The molecule has 1 aliphatic heterocycles. The lowest BCUT2D eigenvalue weighted by Gasteiger charge is -2.32. The van der Waals surface area contributed by atoms with Crippen LogP contribution in [0.25, 0.3) is 56.4 Å². The highest BCUT2D eigenvalue weighted by Gasteiger charge is 2.27. The van der Waals surface area contributed by atoms with E-state index in [4.69, 9.17) is 24.9 Å². The molecule has 0 fully saturated rings. The molecule has 7 aromatic carbocycles. The summed E-state index contributed by atoms with van der Waals surface area (Å²) < 4.78 is 0. The fourth-order valence-corrected chi connectivity index (χ4v) is 7.00. The normalized spacial score (nSPS) is 13.7. The van der Waals surface area contributed by atoms with Crippen LogP contribution >= 0.6 is 0 Å². The number of nitrogens with zero attached hydrogens (tertiary/aromatic N) is 7. The largest absolute Gasteiger partial charge is 0.333 e. The number of nitriles is 1. The zero-order valence-corrected chi connectivity index (χ0v) is 31.1. The SMILES string of the molecule is CN1C(c2ccc(-c3ccc(-c4nc(-c5ccccc5)nc(-c5ccccc5)n4)cc3)cc2)=NC(c2ccc(C#N)cc2)=NC1c1cccc(-c2ccccc2)c1. The Morgan fingerprint density at radius 2 is 0.860 bits per heavy atom. The molecule has 1 aliphatic rings. The van der Waals surface area contributed by atoms with E-state index in [2.05, 4.69) is 108 Å². The Labute approximate surface area is 331 Å². The average molecular weight is 734 g/mol. The smallest absolute Gasteiger partial charge is 0.164 e. The second kappa shape index (κ2) is 15.5. The lowest BCUT2D eigenvalue weighted by Crippen LogP contribution is -2.35. The van der Waals surface area contributed by atoms with E-state index in [9.17, 15) is 5.26 Å². The summed E-state index contributed by atoms with van der Waals surface area (Å²) >= 11 is 0. The van der Waals surface area contributed by atoms with Gasteiger partial charge in [0, 0.05) is 34.9 Å². The fourth-order valence-electron chi connectivity index (χ4n) is 7.00. The molecule has 57 heavy (non-hydrogen) atoms. The van der Waals surface area contributed by atoms with E-state index in [1.165, 1.54) is 0 Å². The summed E-state index contributed by atoms with van der Waals surface area (Å²) in [7, 11) is 2.04. The first-order chi connectivity index (χ1) is 28.1. The Kier molecular flexibility index (Phi) is 9.50. The molecule has 8 aromatic rings. The maximum Gasteiger partial charge on any atom is 0.164 e. The molecule has 0 saturated carbocycles. The van der Waals surface area contributed by atoms with Crippen LogP contribution in [0.2, 0.25) is 0 Å². The van der Waals surface area contributed by atoms with Gasteiger partial charge >= 0.3 is 0 Å². The summed E-state index contributed by atoms with van der Waals surface area (Å²) in [6.45, 7) is 0. The van der Waals surface area contributed by atoms with Crippen LogP contribution in [0.15, 0.2) is 198 Å². The summed E-state index contributed by atoms with van der Waals surface area (Å²) in [5.41, 5.74) is 10.7. The van der Waals surface area contributed by atoms with Crippen LogP contribution in [0.5, 0.6) is 0 Å². The molecule has 0 N–H and O–H groups in total. The Bertz CT molecular complexity index is 2720. The summed E-state index contributed by atoms with van der Waals surface area (Å²) in [6, 6.07) is 65.4. The van der Waals surface area contributed by atoms with E-state index < -0.39 is 0 Å². The molecule has 1 unspecified atom stereocenters. The molecule has 9 rings (SSSR count). The third-order valence-corrected chi connectivity index (χ3v) is 10.0. The molecule has 2 heterocycles. The molecule has 0 saturated heterocycles. The van der Waals surface area contributed by atoms with Crippen LogP contribution < -0.4 is 0 Å². The molecule has 7 heteroatoms. The first kappa shape index (κ1) is 34.9. The number of hydrogen-bond donors (Lipinski definition) is 0. The maximum atomic E-state index is 9.42. The summed E-state index contributed by atoms with van der Waals surface area (Å²) in [5.74, 6) is 3.30. The van der Waals surface area contributed by atoms with Gasteiger partial charge in [0.2, 0.25) is 0 Å². The molecular weight excluding hydrogens is 699 g/mol. The van der Waals surface area contributed by atoms with Crippen LogP contribution in [-0.2, 0) is 0 Å². The van der Waals surface area contributed by atoms with Crippen molar-refractivity contribution in [3.8, 4) is 62.5 Å². The first-order valence-electron chi connectivity index (χ1n) is 18.7. The third-order valence-electron chi connectivity index (χ3n) is 10.0. The number of rotatable bonds is 8. The predicted molar refractivity (Wildman–Crippen MR) is 228 cm³/mol. The van der Waals surface area contributed by atoms with Crippen molar-refractivity contribution in [1.29, 1.82) is 5.26 Å². The first-order valence-corrected chi connectivity index (χ1v) is 18.7. The Hall–Kier alpha value is -7.82. The zero-order chi connectivity index (χ0) is 38.6. The molecule has 0 spiro atoms. The topological polar surface area (TPSA) is 90.4 Å².